The van der Waals surface area contributed by atoms with E-state index in [-0.39, 0.29) is 6.61 Å². The fraction of sp³-hybridized carbons (Fsp3) is 0.414. The van der Waals surface area contributed by atoms with E-state index in [0.717, 1.165) is 29.0 Å². The molecule has 3 fully saturated rings. The Hall–Kier alpha value is -2.99. The Morgan fingerprint density at radius 1 is 1.18 bits per heavy atom. The molecular weight excluding hydrogens is 543 g/mol. The number of hydrogen-bond acceptors (Lipinski definition) is 8. The van der Waals surface area contributed by atoms with E-state index in [1.54, 1.807) is 23.7 Å². The predicted octanol–water partition coefficient (Wildman–Crippen LogP) is 5.73. The molecule has 0 aromatic heterocycles. The summed E-state index contributed by atoms with van der Waals surface area (Å²) >= 11 is 1.69. The number of carbonyl (C=O) groups is 1. The zero-order valence-corrected chi connectivity index (χ0v) is 23.3. The van der Waals surface area contributed by atoms with Crippen molar-refractivity contribution in [3.05, 3.63) is 77.9 Å². The van der Waals surface area contributed by atoms with Gasteiger partial charge in [0.25, 0.3) is 0 Å². The highest BCUT2D eigenvalue weighted by Crippen LogP contribution is 2.55. The molecular formula is C29H32F3N3O4S. The van der Waals surface area contributed by atoms with Crippen LogP contribution >= 0.6 is 11.8 Å². The maximum Gasteiger partial charge on any atom is 0.416 e. The number of benzene rings is 2. The van der Waals surface area contributed by atoms with Crippen molar-refractivity contribution in [1.82, 2.24) is 10.3 Å². The Kier molecular flexibility index (Phi) is 7.93. The molecule has 3 heterocycles. The van der Waals surface area contributed by atoms with Gasteiger partial charge in [0.05, 0.1) is 23.3 Å². The molecule has 2 aromatic rings. The number of nitrogens with one attached hydrogen (secondary N) is 1. The number of aryl methyl sites for hydroxylation is 1. The average Bonchev–Trinajstić information content (AvgIpc) is 3.51. The molecule has 0 amide bonds. The minimum Gasteiger partial charge on any atom is -0.482 e. The third kappa shape index (κ3) is 5.11. The molecule has 40 heavy (non-hydrogen) atoms. The van der Waals surface area contributed by atoms with Crippen LogP contribution in [0.5, 0.6) is 5.75 Å². The number of esters is 1. The van der Waals surface area contributed by atoms with Gasteiger partial charge in [-0.25, -0.2) is 9.69 Å². The number of carbonyl (C=O) groups excluding carboxylic acids is 1. The second-order valence-corrected chi connectivity index (χ2v) is 10.9. The predicted molar refractivity (Wildman–Crippen MR) is 146 cm³/mol. The number of rotatable bonds is 10. The van der Waals surface area contributed by atoms with Crippen molar-refractivity contribution in [3.8, 4) is 5.75 Å². The van der Waals surface area contributed by atoms with Crippen molar-refractivity contribution < 1.29 is 32.2 Å². The fourth-order valence-corrected chi connectivity index (χ4v) is 6.51. The molecule has 7 nitrogen and oxygen atoms in total. The highest BCUT2D eigenvalue weighted by atomic mass is 32.2. The summed E-state index contributed by atoms with van der Waals surface area (Å²) in [5, 5.41) is 1.78. The molecule has 11 heteroatoms. The zero-order chi connectivity index (χ0) is 28.5. The van der Waals surface area contributed by atoms with Crippen molar-refractivity contribution in [1.29, 1.82) is 0 Å². The van der Waals surface area contributed by atoms with Crippen LogP contribution in [0.4, 0.5) is 18.9 Å². The lowest BCUT2D eigenvalue weighted by atomic mass is 9.76. The molecule has 0 spiro atoms. The van der Waals surface area contributed by atoms with Crippen LogP contribution in [0.3, 0.4) is 0 Å². The third-order valence-corrected chi connectivity index (χ3v) is 8.70. The molecule has 3 aliphatic heterocycles. The Morgan fingerprint density at radius 2 is 1.95 bits per heavy atom. The largest absolute Gasteiger partial charge is 0.482 e. The summed E-state index contributed by atoms with van der Waals surface area (Å²) in [7, 11) is 1.95. The van der Waals surface area contributed by atoms with E-state index in [0.29, 0.717) is 30.2 Å². The quantitative estimate of drug-likeness (QED) is 0.285. The number of ether oxygens (including phenoxy) is 3. The Balaban J connectivity index is 1.33. The summed E-state index contributed by atoms with van der Waals surface area (Å²) in [5.74, 6) is 0.0532. The van der Waals surface area contributed by atoms with Crippen LogP contribution in [0, 0.1) is 5.41 Å². The molecule has 4 aliphatic rings. The molecule has 2 bridgehead atoms. The van der Waals surface area contributed by atoms with Crippen molar-refractivity contribution in [2.45, 2.75) is 50.0 Å². The molecule has 3 atom stereocenters. The maximum absolute atomic E-state index is 13.1. The number of fused-ring (bicyclic) bond motifs is 1. The first-order valence-electron chi connectivity index (χ1n) is 13.2. The van der Waals surface area contributed by atoms with Crippen LogP contribution in [0.2, 0.25) is 0 Å². The number of alkyl halides is 3. The van der Waals surface area contributed by atoms with E-state index in [1.807, 2.05) is 38.3 Å². The highest BCUT2D eigenvalue weighted by molar-refractivity contribution is 7.99. The van der Waals surface area contributed by atoms with E-state index in [9.17, 15) is 18.0 Å². The fourth-order valence-electron chi connectivity index (χ4n) is 5.29. The summed E-state index contributed by atoms with van der Waals surface area (Å²) < 4.78 is 56.4. The second kappa shape index (κ2) is 11.1. The summed E-state index contributed by atoms with van der Waals surface area (Å²) in [4.78, 5) is 14.8. The maximum atomic E-state index is 13.1. The first kappa shape index (κ1) is 28.5. The van der Waals surface area contributed by atoms with Gasteiger partial charge < -0.3 is 14.2 Å². The highest BCUT2D eigenvalue weighted by Gasteiger charge is 2.70. The number of thioether (sulfide) groups is 1. The summed E-state index contributed by atoms with van der Waals surface area (Å²) in [6.45, 7) is 3.96. The normalized spacial score (nSPS) is 25.6. The molecule has 0 radical (unpaired) electrons. The number of anilines is 1. The van der Waals surface area contributed by atoms with Crippen LogP contribution in [0.25, 0.3) is 0 Å². The lowest BCUT2D eigenvalue weighted by molar-refractivity contribution is -0.341. The molecule has 3 unspecified atom stereocenters. The molecule has 2 aromatic carbocycles. The number of hydrogen-bond donors (Lipinski definition) is 1. The van der Waals surface area contributed by atoms with Gasteiger partial charge in [-0.3, -0.25) is 5.01 Å². The van der Waals surface area contributed by atoms with Gasteiger partial charge in [-0.05, 0) is 74.8 Å². The standard InChI is InChI=1S/C29H32F3N3O4S/c1-4-20-17-23(13-14-24(20)38-18-25(36)37-5-2)40-19-27(15-7-6-8-16-27)29-33-35(26(39-29)34(29)3)22-11-9-21(10-12-22)28(30,31)32/h6-15,17,26,33H,4-5,16,18-19H2,1-3H3. The lowest BCUT2D eigenvalue weighted by Crippen LogP contribution is -2.72. The molecule has 214 valence electrons. The van der Waals surface area contributed by atoms with Crippen LogP contribution in [0.15, 0.2) is 71.7 Å². The van der Waals surface area contributed by atoms with Gasteiger partial charge in [0.1, 0.15) is 5.75 Å². The van der Waals surface area contributed by atoms with Gasteiger partial charge in [0.2, 0.25) is 12.2 Å². The lowest BCUT2D eigenvalue weighted by Gasteiger charge is -2.55. The number of hydrazine groups is 1. The van der Waals surface area contributed by atoms with Gasteiger partial charge in [0, 0.05) is 10.6 Å². The number of halogens is 3. The monoisotopic (exact) mass is 575 g/mol. The molecule has 6 rings (SSSR count). The van der Waals surface area contributed by atoms with Crippen molar-refractivity contribution in [2.75, 3.05) is 31.0 Å². The van der Waals surface area contributed by atoms with E-state index < -0.39 is 35.3 Å². The van der Waals surface area contributed by atoms with Crippen LogP contribution in [-0.2, 0) is 26.9 Å². The van der Waals surface area contributed by atoms with E-state index in [4.69, 9.17) is 14.2 Å². The van der Waals surface area contributed by atoms with Gasteiger partial charge in [-0.1, -0.05) is 31.2 Å². The SMILES string of the molecule is CCOC(=O)COc1ccc(SCC2(C34NN(c5ccc(C(F)(F)F)cc5)C(O3)N4C)C=CC=CC2)cc1CC. The summed E-state index contributed by atoms with van der Waals surface area (Å²) in [5.41, 5.74) is 3.90. The molecule has 1 aliphatic carbocycles. The minimum atomic E-state index is -4.39. The topological polar surface area (TPSA) is 63.3 Å². The third-order valence-electron chi connectivity index (χ3n) is 7.45. The van der Waals surface area contributed by atoms with E-state index in [1.165, 1.54) is 12.1 Å². The van der Waals surface area contributed by atoms with Gasteiger partial charge in [-0.2, -0.15) is 18.6 Å². The number of nitrogens with zero attached hydrogens (tertiary/aromatic N) is 2. The van der Waals surface area contributed by atoms with Crippen LogP contribution in [0.1, 0.15) is 31.4 Å². The summed E-state index contributed by atoms with van der Waals surface area (Å²) in [6, 6.07) is 11.0. The molecule has 1 N–H and O–H groups in total. The van der Waals surface area contributed by atoms with Gasteiger partial charge in [0.15, 0.2) is 6.61 Å². The van der Waals surface area contributed by atoms with Gasteiger partial charge >= 0.3 is 12.1 Å². The van der Waals surface area contributed by atoms with Crippen LogP contribution in [-0.4, -0.2) is 49.1 Å². The van der Waals surface area contributed by atoms with Crippen LogP contribution < -0.4 is 15.2 Å². The zero-order valence-electron chi connectivity index (χ0n) is 22.5. The Morgan fingerprint density at radius 3 is 2.58 bits per heavy atom. The Labute approximate surface area is 235 Å². The second-order valence-electron chi connectivity index (χ2n) is 9.88. The number of allylic oxidation sites excluding steroid dienone is 3. The minimum absolute atomic E-state index is 0.137. The summed E-state index contributed by atoms with van der Waals surface area (Å²) in [6.07, 6.45) is 4.87. The van der Waals surface area contributed by atoms with E-state index >= 15 is 0 Å². The smallest absolute Gasteiger partial charge is 0.416 e. The average molecular weight is 576 g/mol. The van der Waals surface area contributed by atoms with E-state index in [2.05, 4.69) is 28.5 Å². The molecule has 0 saturated carbocycles. The Bertz CT molecular complexity index is 1300. The molecule has 3 saturated heterocycles. The first-order valence-corrected chi connectivity index (χ1v) is 14.1. The van der Waals surface area contributed by atoms with Crippen molar-refractivity contribution >= 4 is 23.4 Å². The van der Waals surface area contributed by atoms with Crippen molar-refractivity contribution in [3.63, 3.8) is 0 Å². The van der Waals surface area contributed by atoms with Gasteiger partial charge in [-0.15, -0.1) is 11.8 Å². The van der Waals surface area contributed by atoms with Crippen molar-refractivity contribution in [2.24, 2.45) is 5.41 Å². The first-order chi connectivity index (χ1) is 19.1.